The molecule has 234 valence electrons. The van der Waals surface area contributed by atoms with Gasteiger partial charge >= 0.3 is 0 Å². The zero-order chi connectivity index (χ0) is 31.0. The smallest absolute Gasteiger partial charge is 0.203 e. The molecule has 5 heteroatoms. The summed E-state index contributed by atoms with van der Waals surface area (Å²) in [7, 11) is 0. The van der Waals surface area contributed by atoms with Gasteiger partial charge in [-0.25, -0.2) is 0 Å². The van der Waals surface area contributed by atoms with Gasteiger partial charge in [-0.1, -0.05) is 72.6 Å². The van der Waals surface area contributed by atoms with Crippen LogP contribution in [0, 0.1) is 38.5 Å². The van der Waals surface area contributed by atoms with E-state index in [0.717, 1.165) is 59.5 Å². The van der Waals surface area contributed by atoms with Crippen LogP contribution in [0.1, 0.15) is 131 Å². The Morgan fingerprint density at radius 3 is 2.14 bits per heavy atom. The van der Waals surface area contributed by atoms with Gasteiger partial charge in [0.05, 0.1) is 5.56 Å². The standard InChI is InChI=1S/C37H56O5/c1-24(2)12-9-13-25(3)14-10-15-26(4)16-11-20-37(8)21-19-31-29(7)35(27(5)28(6)36(31)42-37)41-23-34(40)32-18-17-30(38)22-33(32)39/h17-18,22,24-26,38-39H,9-16,19-21,23H2,1-8H3/t25-,26-,37+/m1/s1. The molecule has 1 heterocycles. The molecule has 0 radical (unpaired) electrons. The van der Waals surface area contributed by atoms with Crippen molar-refractivity contribution in [2.24, 2.45) is 17.8 Å². The van der Waals surface area contributed by atoms with Gasteiger partial charge in [-0.05, 0) is 100.0 Å². The van der Waals surface area contributed by atoms with Crippen molar-refractivity contribution in [3.8, 4) is 23.0 Å². The number of carbonyl (C=O) groups excluding carboxylic acids is 1. The van der Waals surface area contributed by atoms with Crippen LogP contribution in [-0.2, 0) is 6.42 Å². The molecule has 0 amide bonds. The molecule has 1 aliphatic heterocycles. The number of hydrogen-bond donors (Lipinski definition) is 2. The Labute approximate surface area is 255 Å². The highest BCUT2D eigenvalue weighted by atomic mass is 16.5. The van der Waals surface area contributed by atoms with Crippen molar-refractivity contribution in [3.05, 3.63) is 46.0 Å². The Balaban J connectivity index is 1.52. The van der Waals surface area contributed by atoms with Crippen LogP contribution in [-0.4, -0.2) is 28.2 Å². The minimum Gasteiger partial charge on any atom is -0.508 e. The minimum absolute atomic E-state index is 0.0867. The van der Waals surface area contributed by atoms with Crippen LogP contribution in [0.5, 0.6) is 23.0 Å². The van der Waals surface area contributed by atoms with E-state index in [2.05, 4.69) is 41.5 Å². The summed E-state index contributed by atoms with van der Waals surface area (Å²) in [6.07, 6.45) is 13.5. The van der Waals surface area contributed by atoms with Gasteiger partial charge in [-0.15, -0.1) is 0 Å². The fourth-order valence-corrected chi connectivity index (χ4v) is 6.45. The predicted octanol–water partition coefficient (Wildman–Crippen LogP) is 9.81. The van der Waals surface area contributed by atoms with E-state index in [9.17, 15) is 15.0 Å². The lowest BCUT2D eigenvalue weighted by Gasteiger charge is -2.38. The first-order valence-electron chi connectivity index (χ1n) is 16.3. The Morgan fingerprint density at radius 1 is 0.905 bits per heavy atom. The van der Waals surface area contributed by atoms with Gasteiger partial charge in [-0.3, -0.25) is 4.79 Å². The second-order valence-corrected chi connectivity index (χ2v) is 13.8. The highest BCUT2D eigenvalue weighted by Gasteiger charge is 2.34. The van der Waals surface area contributed by atoms with Crippen molar-refractivity contribution in [2.45, 2.75) is 132 Å². The third-order valence-electron chi connectivity index (χ3n) is 9.47. The molecule has 3 rings (SSSR count). The first-order chi connectivity index (χ1) is 19.8. The number of ether oxygens (including phenoxy) is 2. The Kier molecular flexibility index (Phi) is 12.2. The molecule has 42 heavy (non-hydrogen) atoms. The molecular formula is C37H56O5. The highest BCUT2D eigenvalue weighted by Crippen LogP contribution is 2.45. The van der Waals surface area contributed by atoms with E-state index < -0.39 is 0 Å². The van der Waals surface area contributed by atoms with Gasteiger partial charge < -0.3 is 19.7 Å². The summed E-state index contributed by atoms with van der Waals surface area (Å²) >= 11 is 0. The number of phenols is 2. The van der Waals surface area contributed by atoms with Gasteiger partial charge in [0.2, 0.25) is 5.78 Å². The fourth-order valence-electron chi connectivity index (χ4n) is 6.45. The van der Waals surface area contributed by atoms with E-state index in [-0.39, 0.29) is 35.1 Å². The van der Waals surface area contributed by atoms with E-state index in [1.54, 1.807) is 0 Å². The Bertz CT molecular complexity index is 1200. The molecule has 1 aliphatic rings. The van der Waals surface area contributed by atoms with Crippen LogP contribution in [0.15, 0.2) is 18.2 Å². The number of benzene rings is 2. The third-order valence-corrected chi connectivity index (χ3v) is 9.47. The summed E-state index contributed by atoms with van der Waals surface area (Å²) in [5, 5.41) is 19.6. The van der Waals surface area contributed by atoms with Gasteiger partial charge in [0.1, 0.15) is 28.6 Å². The van der Waals surface area contributed by atoms with Crippen LogP contribution in [0.4, 0.5) is 0 Å². The largest absolute Gasteiger partial charge is 0.508 e. The van der Waals surface area contributed by atoms with Crippen LogP contribution in [0.2, 0.25) is 0 Å². The number of fused-ring (bicyclic) bond motifs is 1. The molecule has 0 aromatic heterocycles. The molecule has 0 bridgehead atoms. The molecule has 0 unspecified atom stereocenters. The first kappa shape index (κ1) is 33.8. The minimum atomic E-state index is -0.337. The predicted molar refractivity (Wildman–Crippen MR) is 172 cm³/mol. The van der Waals surface area contributed by atoms with Crippen LogP contribution in [0.3, 0.4) is 0 Å². The lowest BCUT2D eigenvalue weighted by Crippen LogP contribution is -2.37. The molecule has 2 aromatic rings. The second kappa shape index (κ2) is 15.2. The van der Waals surface area contributed by atoms with Crippen LogP contribution in [0.25, 0.3) is 0 Å². The summed E-state index contributed by atoms with van der Waals surface area (Å²) in [5.41, 5.74) is 4.19. The van der Waals surface area contributed by atoms with Gasteiger partial charge in [0.25, 0.3) is 0 Å². The average Bonchev–Trinajstić information content (AvgIpc) is 2.91. The zero-order valence-electron chi connectivity index (χ0n) is 27.6. The molecular weight excluding hydrogens is 524 g/mol. The molecule has 2 N–H and O–H groups in total. The molecule has 3 atom stereocenters. The number of hydrogen-bond acceptors (Lipinski definition) is 5. The maximum absolute atomic E-state index is 12.7. The van der Waals surface area contributed by atoms with Crippen molar-refractivity contribution in [1.82, 2.24) is 0 Å². The van der Waals surface area contributed by atoms with Crippen LogP contribution >= 0.6 is 0 Å². The van der Waals surface area contributed by atoms with E-state index >= 15 is 0 Å². The number of Topliss-reactive ketones (excluding diaryl/α,β-unsaturated/α-hetero) is 1. The highest BCUT2D eigenvalue weighted by molar-refractivity contribution is 5.99. The van der Waals surface area contributed by atoms with E-state index in [1.165, 1.54) is 75.1 Å². The molecule has 0 fully saturated rings. The second-order valence-electron chi connectivity index (χ2n) is 13.8. The van der Waals surface area contributed by atoms with E-state index in [4.69, 9.17) is 9.47 Å². The van der Waals surface area contributed by atoms with Gasteiger partial charge in [-0.2, -0.15) is 0 Å². The van der Waals surface area contributed by atoms with Crippen molar-refractivity contribution >= 4 is 5.78 Å². The van der Waals surface area contributed by atoms with E-state index in [0.29, 0.717) is 5.75 Å². The zero-order valence-corrected chi connectivity index (χ0v) is 27.6. The SMILES string of the molecule is Cc1c(C)c2c(c(C)c1OCC(=O)c1ccc(O)cc1O)CC[C@](C)(CCC[C@H](C)CCC[C@H](C)CCCC(C)C)O2. The third kappa shape index (κ3) is 9.15. The summed E-state index contributed by atoms with van der Waals surface area (Å²) in [6.45, 7) is 17.7. The lowest BCUT2D eigenvalue weighted by atomic mass is 9.83. The van der Waals surface area contributed by atoms with Gasteiger partial charge in [0.15, 0.2) is 6.61 Å². The maximum atomic E-state index is 12.7. The number of aromatic hydroxyl groups is 2. The fraction of sp³-hybridized carbons (Fsp3) is 0.649. The summed E-state index contributed by atoms with van der Waals surface area (Å²) in [4.78, 5) is 12.7. The normalized spacial score (nSPS) is 17.9. The van der Waals surface area contributed by atoms with E-state index in [1.807, 2.05) is 13.8 Å². The number of rotatable bonds is 16. The molecule has 0 saturated heterocycles. The average molecular weight is 581 g/mol. The maximum Gasteiger partial charge on any atom is 0.203 e. The molecule has 2 aromatic carbocycles. The monoisotopic (exact) mass is 580 g/mol. The molecule has 0 aliphatic carbocycles. The summed E-state index contributed by atoms with van der Waals surface area (Å²) < 4.78 is 12.8. The van der Waals surface area contributed by atoms with Crippen molar-refractivity contribution in [3.63, 3.8) is 0 Å². The van der Waals surface area contributed by atoms with Crippen molar-refractivity contribution in [2.75, 3.05) is 6.61 Å². The van der Waals surface area contributed by atoms with Gasteiger partial charge in [0, 0.05) is 11.6 Å². The van der Waals surface area contributed by atoms with Crippen LogP contribution < -0.4 is 9.47 Å². The first-order valence-corrected chi connectivity index (χ1v) is 16.3. The number of carbonyl (C=O) groups is 1. The summed E-state index contributed by atoms with van der Waals surface area (Å²) in [6, 6.07) is 3.97. The quantitative estimate of drug-likeness (QED) is 0.193. The van der Waals surface area contributed by atoms with Crippen molar-refractivity contribution < 1.29 is 24.5 Å². The summed E-state index contributed by atoms with van der Waals surface area (Å²) in [5.74, 6) is 3.45. The molecule has 0 spiro atoms. The van der Waals surface area contributed by atoms with Crippen molar-refractivity contribution in [1.29, 1.82) is 0 Å². The molecule has 0 saturated carbocycles. The Morgan fingerprint density at radius 2 is 1.52 bits per heavy atom. The number of phenolic OH excluding ortho intramolecular Hbond substituents is 2. The molecule has 5 nitrogen and oxygen atoms in total. The Hall–Kier alpha value is -2.69. The lowest BCUT2D eigenvalue weighted by molar-refractivity contribution is 0.0511. The number of ketones is 1. The topological polar surface area (TPSA) is 76.0 Å².